The van der Waals surface area contributed by atoms with E-state index in [1.54, 1.807) is 0 Å². The summed E-state index contributed by atoms with van der Waals surface area (Å²) in [5.41, 5.74) is -0.640. The smallest absolute Gasteiger partial charge is 0.415 e. The first-order valence-electron chi connectivity index (χ1n) is 3.58. The fraction of sp³-hybridized carbons (Fsp3) is 0.571. The maximum Gasteiger partial charge on any atom is 0.415 e. The monoisotopic (exact) mass is 187 g/mol. The molecule has 72 valence electrons. The van der Waals surface area contributed by atoms with Gasteiger partial charge in [0.15, 0.2) is 0 Å². The Balaban J connectivity index is 3.04. The van der Waals surface area contributed by atoms with Crippen LogP contribution >= 0.6 is 0 Å². The van der Waals surface area contributed by atoms with Gasteiger partial charge in [-0.25, -0.2) is 9.59 Å². The maximum atomic E-state index is 11.1. The van der Waals surface area contributed by atoms with Crippen molar-refractivity contribution in [2.45, 2.75) is 19.6 Å². The van der Waals surface area contributed by atoms with Crippen LogP contribution in [0.1, 0.15) is 13.8 Å². The Morgan fingerprint density at radius 2 is 1.62 bits per heavy atom. The van der Waals surface area contributed by atoms with Crippen LogP contribution in [0.2, 0.25) is 0 Å². The van der Waals surface area contributed by atoms with Gasteiger partial charge in [-0.1, -0.05) is 0 Å². The molecule has 0 N–H and O–H groups in total. The Morgan fingerprint density at radius 3 is 1.92 bits per heavy atom. The second-order valence-corrected chi connectivity index (χ2v) is 3.02. The Kier molecular flexibility index (Phi) is 1.99. The highest BCUT2D eigenvalue weighted by atomic mass is 16.7. The molecule has 0 amide bonds. The highest BCUT2D eigenvalue weighted by molar-refractivity contribution is 6.61. The Hall–Kier alpha value is -1.59. The topological polar surface area (TPSA) is 78.7 Å². The van der Waals surface area contributed by atoms with Gasteiger partial charge in [0.05, 0.1) is 0 Å². The van der Waals surface area contributed by atoms with Gasteiger partial charge in [0.25, 0.3) is 5.79 Å². The highest BCUT2D eigenvalue weighted by Crippen LogP contribution is 2.17. The molecule has 0 aromatic carbocycles. The average molecular weight is 187 g/mol. The van der Waals surface area contributed by atoms with E-state index >= 15 is 0 Å². The number of hydroxylamine groups is 1. The molecule has 0 atom stereocenters. The predicted molar refractivity (Wildman–Crippen MR) is 40.8 cm³/mol. The maximum absolute atomic E-state index is 11.1. The van der Waals surface area contributed by atoms with Crippen molar-refractivity contribution < 1.29 is 23.8 Å². The van der Waals surface area contributed by atoms with Gasteiger partial charge < -0.3 is 14.7 Å². The van der Waals surface area contributed by atoms with Crippen molar-refractivity contribution in [3.63, 3.8) is 0 Å². The summed E-state index contributed by atoms with van der Waals surface area (Å²) in [6, 6.07) is 0. The minimum absolute atomic E-state index is 0.125. The molecule has 0 spiro atoms. The van der Waals surface area contributed by atoms with Crippen LogP contribution in [-0.4, -0.2) is 35.2 Å². The lowest BCUT2D eigenvalue weighted by Crippen LogP contribution is -2.49. The largest absolute Gasteiger partial charge is 0.623 e. The fourth-order valence-electron chi connectivity index (χ4n) is 0.904. The van der Waals surface area contributed by atoms with Crippen molar-refractivity contribution in [3.8, 4) is 0 Å². The van der Waals surface area contributed by atoms with Gasteiger partial charge in [-0.2, -0.15) is 4.74 Å². The molecule has 1 fully saturated rings. The van der Waals surface area contributed by atoms with Crippen molar-refractivity contribution in [3.05, 3.63) is 5.21 Å². The molecule has 0 radical (unpaired) electrons. The summed E-state index contributed by atoms with van der Waals surface area (Å²) in [7, 11) is 1.02. The summed E-state index contributed by atoms with van der Waals surface area (Å²) >= 11 is 0. The van der Waals surface area contributed by atoms with Crippen LogP contribution < -0.4 is 0 Å². The molecule has 1 rings (SSSR count). The lowest BCUT2D eigenvalue weighted by molar-refractivity contribution is -0.424. The molecule has 13 heavy (non-hydrogen) atoms. The highest BCUT2D eigenvalue weighted by Gasteiger charge is 2.45. The van der Waals surface area contributed by atoms with Crippen molar-refractivity contribution in [2.24, 2.45) is 0 Å². The summed E-state index contributed by atoms with van der Waals surface area (Å²) in [6.45, 7) is 2.81. The van der Waals surface area contributed by atoms with Gasteiger partial charge >= 0.3 is 17.7 Å². The molecule has 6 nitrogen and oxygen atoms in total. The number of ether oxygens (including phenoxy) is 2. The van der Waals surface area contributed by atoms with Gasteiger partial charge in [0.2, 0.25) is 0 Å². The SMILES string of the molecule is C[N+]([O-])=C1C(=O)OC(C)(C)OC1=O. The molecule has 1 heterocycles. The van der Waals surface area contributed by atoms with Crippen LogP contribution in [0.4, 0.5) is 0 Å². The van der Waals surface area contributed by atoms with Crippen LogP contribution in [0.3, 0.4) is 0 Å². The molecule has 1 aliphatic heterocycles. The normalized spacial score (nSPS) is 20.7. The van der Waals surface area contributed by atoms with Crippen LogP contribution in [0.15, 0.2) is 0 Å². The Labute approximate surface area is 74.3 Å². The third kappa shape index (κ3) is 1.77. The quantitative estimate of drug-likeness (QED) is 0.219. The number of carbonyl (C=O) groups excluding carboxylic acids is 2. The van der Waals surface area contributed by atoms with Crippen molar-refractivity contribution >= 4 is 17.7 Å². The van der Waals surface area contributed by atoms with E-state index in [0.717, 1.165) is 7.05 Å². The van der Waals surface area contributed by atoms with E-state index in [4.69, 9.17) is 0 Å². The molecule has 0 unspecified atom stereocenters. The number of cyclic esters (lactones) is 2. The molecule has 0 saturated carbocycles. The zero-order chi connectivity index (χ0) is 10.2. The van der Waals surface area contributed by atoms with Gasteiger partial charge in [0, 0.05) is 13.8 Å². The molecule has 0 bridgehead atoms. The molecule has 1 aliphatic rings. The van der Waals surface area contributed by atoms with Gasteiger partial charge in [-0.15, -0.1) is 0 Å². The second-order valence-electron chi connectivity index (χ2n) is 3.02. The fourth-order valence-corrected chi connectivity index (χ4v) is 0.904. The van der Waals surface area contributed by atoms with E-state index in [9.17, 15) is 14.8 Å². The Bertz CT molecular complexity index is 278. The molecule has 0 aliphatic carbocycles. The number of esters is 2. The second kappa shape index (κ2) is 2.72. The number of carbonyl (C=O) groups is 2. The van der Waals surface area contributed by atoms with Crippen molar-refractivity contribution in [1.82, 2.24) is 0 Å². The van der Waals surface area contributed by atoms with Crippen molar-refractivity contribution in [2.75, 3.05) is 7.05 Å². The lowest BCUT2D eigenvalue weighted by Gasteiger charge is -2.27. The van der Waals surface area contributed by atoms with E-state index in [1.165, 1.54) is 13.8 Å². The van der Waals surface area contributed by atoms with E-state index < -0.39 is 23.4 Å². The minimum atomic E-state index is -1.30. The summed E-state index contributed by atoms with van der Waals surface area (Å²) in [6.07, 6.45) is 0. The van der Waals surface area contributed by atoms with Crippen LogP contribution in [0.25, 0.3) is 0 Å². The third-order valence-corrected chi connectivity index (χ3v) is 1.38. The van der Waals surface area contributed by atoms with Crippen LogP contribution in [0.5, 0.6) is 0 Å². The number of hydrogen-bond acceptors (Lipinski definition) is 5. The number of hydrogen-bond donors (Lipinski definition) is 0. The standard InChI is InChI=1S/C7H9NO5/c1-7(2)12-5(9)4(8(3)11)6(10)13-7/h1-3H3. The molecular weight excluding hydrogens is 178 g/mol. The van der Waals surface area contributed by atoms with Gasteiger partial charge in [-0.05, 0) is 0 Å². The predicted octanol–water partition coefficient (Wildman–Crippen LogP) is -0.596. The summed E-state index contributed by atoms with van der Waals surface area (Å²) in [5.74, 6) is -3.22. The summed E-state index contributed by atoms with van der Waals surface area (Å²) in [4.78, 5) is 22.1. The third-order valence-electron chi connectivity index (χ3n) is 1.38. The van der Waals surface area contributed by atoms with E-state index in [-0.39, 0.29) is 4.74 Å². The van der Waals surface area contributed by atoms with Crippen molar-refractivity contribution in [1.29, 1.82) is 0 Å². The molecule has 0 aromatic rings. The van der Waals surface area contributed by atoms with E-state index in [2.05, 4.69) is 9.47 Å². The average Bonchev–Trinajstić information content (AvgIpc) is 1.78. The van der Waals surface area contributed by atoms with Gasteiger partial charge in [0.1, 0.15) is 7.05 Å². The van der Waals surface area contributed by atoms with E-state index in [0.29, 0.717) is 0 Å². The number of rotatable bonds is 0. The molecule has 6 heteroatoms. The lowest BCUT2D eigenvalue weighted by atomic mass is 10.3. The first-order chi connectivity index (χ1) is 5.83. The van der Waals surface area contributed by atoms with Crippen LogP contribution in [0, 0.1) is 5.21 Å². The first-order valence-corrected chi connectivity index (χ1v) is 3.58. The van der Waals surface area contributed by atoms with Gasteiger partial charge in [-0.3, -0.25) is 0 Å². The molecule has 1 saturated heterocycles. The Morgan fingerprint density at radius 1 is 1.23 bits per heavy atom. The first kappa shape index (κ1) is 9.50. The molecule has 0 aromatic heterocycles. The minimum Gasteiger partial charge on any atom is -0.623 e. The molecular formula is C7H9NO5. The number of nitrogens with zero attached hydrogens (tertiary/aromatic N) is 1. The zero-order valence-corrected chi connectivity index (χ0v) is 7.49. The van der Waals surface area contributed by atoms with Crippen LogP contribution in [-0.2, 0) is 19.1 Å². The summed E-state index contributed by atoms with van der Waals surface area (Å²) < 4.78 is 9.44. The zero-order valence-electron chi connectivity index (χ0n) is 7.49. The summed E-state index contributed by atoms with van der Waals surface area (Å²) in [5, 5.41) is 10.7. The van der Waals surface area contributed by atoms with E-state index in [1.807, 2.05) is 0 Å².